The summed E-state index contributed by atoms with van der Waals surface area (Å²) in [6.45, 7) is 7.69. The minimum absolute atomic E-state index is 0.0794. The molecular formula is C14H26N2O. The lowest BCUT2D eigenvalue weighted by Gasteiger charge is -2.32. The fourth-order valence-electron chi connectivity index (χ4n) is 3.16. The Labute approximate surface area is 105 Å². The van der Waals surface area contributed by atoms with E-state index in [0.717, 1.165) is 19.4 Å². The Balaban J connectivity index is 1.80. The molecule has 1 aliphatic carbocycles. The predicted molar refractivity (Wildman–Crippen MR) is 69.9 cm³/mol. The number of carbonyl (C=O) groups excluding carboxylic acids is 1. The molecule has 17 heavy (non-hydrogen) atoms. The van der Waals surface area contributed by atoms with E-state index in [1.54, 1.807) is 0 Å². The third-order valence-electron chi connectivity index (χ3n) is 4.01. The van der Waals surface area contributed by atoms with E-state index in [1.807, 2.05) is 0 Å². The molecule has 2 aliphatic rings. The van der Waals surface area contributed by atoms with Crippen LogP contribution in [0, 0.1) is 5.92 Å². The van der Waals surface area contributed by atoms with Gasteiger partial charge in [-0.3, -0.25) is 4.79 Å². The molecule has 0 atom stereocenters. The van der Waals surface area contributed by atoms with E-state index >= 15 is 0 Å². The van der Waals surface area contributed by atoms with Gasteiger partial charge in [0.05, 0.1) is 0 Å². The van der Waals surface area contributed by atoms with Crippen molar-refractivity contribution in [3.8, 4) is 0 Å². The molecule has 1 heterocycles. The van der Waals surface area contributed by atoms with Crippen molar-refractivity contribution in [2.45, 2.75) is 57.9 Å². The van der Waals surface area contributed by atoms with Crippen LogP contribution in [0.15, 0.2) is 0 Å². The van der Waals surface area contributed by atoms with Gasteiger partial charge in [-0.1, -0.05) is 12.8 Å². The van der Waals surface area contributed by atoms with Gasteiger partial charge >= 0.3 is 0 Å². The molecule has 2 rings (SSSR count). The smallest absolute Gasteiger partial charge is 0.223 e. The van der Waals surface area contributed by atoms with Crippen molar-refractivity contribution >= 4 is 5.91 Å². The molecule has 0 aromatic rings. The number of nitrogens with one attached hydrogen (secondary N) is 1. The van der Waals surface area contributed by atoms with Gasteiger partial charge in [0, 0.05) is 18.0 Å². The SMILES string of the molecule is CC(C)(CN1CCCC1)NC(=O)C1CCCC1. The van der Waals surface area contributed by atoms with Crippen molar-refractivity contribution in [3.63, 3.8) is 0 Å². The molecule has 1 saturated heterocycles. The van der Waals surface area contributed by atoms with Gasteiger partial charge in [-0.2, -0.15) is 0 Å². The predicted octanol–water partition coefficient (Wildman–Crippen LogP) is 2.17. The Kier molecular flexibility index (Phi) is 4.08. The molecule has 1 N–H and O–H groups in total. The number of hydrogen-bond donors (Lipinski definition) is 1. The normalized spacial score (nSPS) is 23.2. The largest absolute Gasteiger partial charge is 0.350 e. The highest BCUT2D eigenvalue weighted by atomic mass is 16.2. The molecule has 1 aliphatic heterocycles. The zero-order chi connectivity index (χ0) is 12.3. The van der Waals surface area contributed by atoms with Crippen molar-refractivity contribution in [3.05, 3.63) is 0 Å². The Hall–Kier alpha value is -0.570. The van der Waals surface area contributed by atoms with Crippen molar-refractivity contribution in [1.29, 1.82) is 0 Å². The van der Waals surface area contributed by atoms with Crippen molar-refractivity contribution < 1.29 is 4.79 Å². The van der Waals surface area contributed by atoms with Gasteiger partial charge in [-0.05, 0) is 52.6 Å². The van der Waals surface area contributed by atoms with Crippen molar-refractivity contribution in [1.82, 2.24) is 10.2 Å². The fraction of sp³-hybridized carbons (Fsp3) is 0.929. The maximum absolute atomic E-state index is 12.1. The summed E-state index contributed by atoms with van der Waals surface area (Å²) in [5.74, 6) is 0.569. The van der Waals surface area contributed by atoms with E-state index < -0.39 is 0 Å². The maximum Gasteiger partial charge on any atom is 0.223 e. The van der Waals surface area contributed by atoms with Crippen LogP contribution in [0.4, 0.5) is 0 Å². The summed E-state index contributed by atoms with van der Waals surface area (Å²) in [7, 11) is 0. The van der Waals surface area contributed by atoms with Gasteiger partial charge in [0.2, 0.25) is 5.91 Å². The second-order valence-electron chi connectivity index (χ2n) is 6.34. The molecular weight excluding hydrogens is 212 g/mol. The molecule has 3 nitrogen and oxygen atoms in total. The summed E-state index contributed by atoms with van der Waals surface area (Å²) in [6, 6.07) is 0. The van der Waals surface area contributed by atoms with E-state index in [4.69, 9.17) is 0 Å². The molecule has 0 bridgehead atoms. The molecule has 0 aromatic heterocycles. The minimum atomic E-state index is -0.0794. The van der Waals surface area contributed by atoms with E-state index in [2.05, 4.69) is 24.1 Å². The molecule has 98 valence electrons. The van der Waals surface area contributed by atoms with E-state index in [-0.39, 0.29) is 17.4 Å². The van der Waals surface area contributed by atoms with E-state index in [9.17, 15) is 4.79 Å². The highest BCUT2D eigenvalue weighted by molar-refractivity contribution is 5.79. The average molecular weight is 238 g/mol. The minimum Gasteiger partial charge on any atom is -0.350 e. The van der Waals surface area contributed by atoms with E-state index in [1.165, 1.54) is 38.8 Å². The molecule has 0 unspecified atom stereocenters. The number of likely N-dealkylation sites (tertiary alicyclic amines) is 1. The van der Waals surface area contributed by atoms with Crippen molar-refractivity contribution in [2.24, 2.45) is 5.92 Å². The van der Waals surface area contributed by atoms with Crippen LogP contribution in [0.2, 0.25) is 0 Å². The third kappa shape index (κ3) is 3.70. The third-order valence-corrected chi connectivity index (χ3v) is 4.01. The van der Waals surface area contributed by atoms with Gasteiger partial charge in [-0.25, -0.2) is 0 Å². The van der Waals surface area contributed by atoms with E-state index in [0.29, 0.717) is 0 Å². The van der Waals surface area contributed by atoms with Gasteiger partial charge in [0.15, 0.2) is 0 Å². The molecule has 2 fully saturated rings. The number of nitrogens with zero attached hydrogens (tertiary/aromatic N) is 1. The Morgan fingerprint density at radius 3 is 2.35 bits per heavy atom. The summed E-state index contributed by atoms with van der Waals surface area (Å²) < 4.78 is 0. The van der Waals surface area contributed by atoms with Gasteiger partial charge in [0.1, 0.15) is 0 Å². The van der Waals surface area contributed by atoms with Crippen LogP contribution in [0.3, 0.4) is 0 Å². The molecule has 0 aromatic carbocycles. The van der Waals surface area contributed by atoms with Crippen LogP contribution in [-0.2, 0) is 4.79 Å². The molecule has 0 radical (unpaired) electrons. The summed E-state index contributed by atoms with van der Waals surface area (Å²) >= 11 is 0. The number of amides is 1. The monoisotopic (exact) mass is 238 g/mol. The van der Waals surface area contributed by atoms with Crippen molar-refractivity contribution in [2.75, 3.05) is 19.6 Å². The van der Waals surface area contributed by atoms with Crippen LogP contribution in [0.5, 0.6) is 0 Å². The fourth-order valence-corrected chi connectivity index (χ4v) is 3.16. The quantitative estimate of drug-likeness (QED) is 0.814. The summed E-state index contributed by atoms with van der Waals surface area (Å²) in [6.07, 6.45) is 7.26. The van der Waals surface area contributed by atoms with Crippen LogP contribution in [0.25, 0.3) is 0 Å². The first-order chi connectivity index (χ1) is 8.07. The van der Waals surface area contributed by atoms with Crippen LogP contribution >= 0.6 is 0 Å². The molecule has 3 heteroatoms. The zero-order valence-electron chi connectivity index (χ0n) is 11.3. The lowest BCUT2D eigenvalue weighted by atomic mass is 10.0. The first kappa shape index (κ1) is 12.9. The average Bonchev–Trinajstić information content (AvgIpc) is 2.85. The Bertz CT molecular complexity index is 263. The van der Waals surface area contributed by atoms with Crippen LogP contribution in [0.1, 0.15) is 52.4 Å². The topological polar surface area (TPSA) is 32.3 Å². The Morgan fingerprint density at radius 1 is 1.18 bits per heavy atom. The molecule has 1 amide bonds. The van der Waals surface area contributed by atoms with Crippen LogP contribution in [-0.4, -0.2) is 36.0 Å². The number of rotatable bonds is 4. The highest BCUT2D eigenvalue weighted by Crippen LogP contribution is 2.25. The van der Waals surface area contributed by atoms with Gasteiger partial charge in [-0.15, -0.1) is 0 Å². The number of carbonyl (C=O) groups is 1. The van der Waals surface area contributed by atoms with Crippen LogP contribution < -0.4 is 5.32 Å². The lowest BCUT2D eigenvalue weighted by Crippen LogP contribution is -2.52. The first-order valence-electron chi connectivity index (χ1n) is 7.11. The lowest BCUT2D eigenvalue weighted by molar-refractivity contribution is -0.126. The summed E-state index contributed by atoms with van der Waals surface area (Å²) in [5, 5.41) is 3.24. The maximum atomic E-state index is 12.1. The summed E-state index contributed by atoms with van der Waals surface area (Å²) in [5.41, 5.74) is -0.0794. The summed E-state index contributed by atoms with van der Waals surface area (Å²) in [4.78, 5) is 14.6. The van der Waals surface area contributed by atoms with Gasteiger partial charge in [0.25, 0.3) is 0 Å². The highest BCUT2D eigenvalue weighted by Gasteiger charge is 2.29. The van der Waals surface area contributed by atoms with Gasteiger partial charge < -0.3 is 10.2 Å². The second-order valence-corrected chi connectivity index (χ2v) is 6.34. The standard InChI is InChI=1S/C14H26N2O/c1-14(2,11-16-9-5-6-10-16)15-13(17)12-7-3-4-8-12/h12H,3-11H2,1-2H3,(H,15,17). The zero-order valence-corrected chi connectivity index (χ0v) is 11.3. The first-order valence-corrected chi connectivity index (χ1v) is 7.11. The molecule has 1 saturated carbocycles. The second kappa shape index (κ2) is 5.38. The Morgan fingerprint density at radius 2 is 1.76 bits per heavy atom. The molecule has 0 spiro atoms. The number of hydrogen-bond acceptors (Lipinski definition) is 2.